The minimum absolute atomic E-state index is 0.159. The van der Waals surface area contributed by atoms with Crippen LogP contribution in [-0.2, 0) is 4.79 Å². The summed E-state index contributed by atoms with van der Waals surface area (Å²) in [6.07, 6.45) is 0. The Morgan fingerprint density at radius 1 is 1.10 bits per heavy atom. The highest BCUT2D eigenvalue weighted by Gasteiger charge is 2.16. The molecule has 0 saturated heterocycles. The van der Waals surface area contributed by atoms with Gasteiger partial charge in [0.2, 0.25) is 10.9 Å². The number of carbonyl (C=O) groups excluding carboxylic acids is 2. The van der Waals surface area contributed by atoms with Gasteiger partial charge < -0.3 is 5.32 Å². The third kappa shape index (κ3) is 4.09. The van der Waals surface area contributed by atoms with Gasteiger partial charge in [0, 0.05) is 34.1 Å². The van der Waals surface area contributed by atoms with E-state index < -0.39 is 5.91 Å². The highest BCUT2D eigenvalue weighted by Crippen LogP contribution is 2.33. The second-order valence-electron chi connectivity index (χ2n) is 6.09. The smallest absolute Gasteiger partial charge is 0.258 e. The molecule has 0 unspecified atom stereocenters. The normalized spacial score (nSPS) is 10.9. The van der Waals surface area contributed by atoms with Crippen LogP contribution in [0.2, 0.25) is 10.0 Å². The zero-order valence-corrected chi connectivity index (χ0v) is 17.3. The quantitative estimate of drug-likeness (QED) is 0.463. The molecule has 0 spiro atoms. The van der Waals surface area contributed by atoms with E-state index in [0.717, 1.165) is 11.3 Å². The van der Waals surface area contributed by atoms with Gasteiger partial charge in [0.1, 0.15) is 0 Å². The van der Waals surface area contributed by atoms with Crippen LogP contribution in [0.5, 0.6) is 0 Å². The molecule has 0 bridgehead atoms. The van der Waals surface area contributed by atoms with Crippen molar-refractivity contribution in [1.29, 1.82) is 0 Å². The summed E-state index contributed by atoms with van der Waals surface area (Å²) in [4.78, 5) is 28.7. The monoisotopic (exact) mass is 445 g/mol. The Labute approximate surface area is 179 Å². The number of carbonyl (C=O) groups is 2. The van der Waals surface area contributed by atoms with Gasteiger partial charge >= 0.3 is 0 Å². The summed E-state index contributed by atoms with van der Waals surface area (Å²) < 4.78 is 1.60. The van der Waals surface area contributed by atoms with Crippen molar-refractivity contribution >= 4 is 62.9 Å². The molecule has 2 heterocycles. The van der Waals surface area contributed by atoms with Crippen molar-refractivity contribution in [2.24, 2.45) is 0 Å². The molecule has 0 fully saturated rings. The molecule has 4 rings (SSSR count). The number of benzene rings is 2. The second kappa shape index (κ2) is 7.82. The van der Waals surface area contributed by atoms with Crippen LogP contribution in [0.4, 0.5) is 11.6 Å². The zero-order valence-electron chi connectivity index (χ0n) is 14.9. The van der Waals surface area contributed by atoms with Crippen molar-refractivity contribution in [3.63, 3.8) is 0 Å². The number of nitrogens with one attached hydrogen (secondary N) is 2. The van der Waals surface area contributed by atoms with Gasteiger partial charge in [-0.25, -0.2) is 4.52 Å². The Kier molecular flexibility index (Phi) is 5.23. The number of halogens is 2. The van der Waals surface area contributed by atoms with Crippen LogP contribution in [0.1, 0.15) is 17.3 Å². The first kappa shape index (κ1) is 19.4. The number of nitrogens with zero attached hydrogens (tertiary/aromatic N) is 3. The van der Waals surface area contributed by atoms with Crippen molar-refractivity contribution in [1.82, 2.24) is 14.6 Å². The highest BCUT2D eigenvalue weighted by molar-refractivity contribution is 7.15. The minimum atomic E-state index is -0.391. The lowest BCUT2D eigenvalue weighted by Crippen LogP contribution is -2.14. The first-order valence-electron chi connectivity index (χ1n) is 8.39. The lowest BCUT2D eigenvalue weighted by molar-refractivity contribution is -0.114. The topological polar surface area (TPSA) is 88.4 Å². The summed E-state index contributed by atoms with van der Waals surface area (Å²) >= 11 is 13.7. The molecule has 0 aliphatic carbocycles. The number of aromatic nitrogens is 3. The Bertz CT molecular complexity index is 1250. The maximum absolute atomic E-state index is 12.6. The van der Waals surface area contributed by atoms with Gasteiger partial charge in [0.25, 0.3) is 11.9 Å². The van der Waals surface area contributed by atoms with E-state index >= 15 is 0 Å². The summed E-state index contributed by atoms with van der Waals surface area (Å²) in [7, 11) is 0. The van der Waals surface area contributed by atoms with Crippen molar-refractivity contribution in [3.05, 3.63) is 63.5 Å². The van der Waals surface area contributed by atoms with E-state index in [2.05, 4.69) is 20.7 Å². The molecule has 2 aromatic heterocycles. The average Bonchev–Trinajstić information content (AvgIpc) is 3.23. The molecule has 29 heavy (non-hydrogen) atoms. The minimum Gasteiger partial charge on any atom is -0.326 e. The fraction of sp³-hybridized carbons (Fsp3) is 0.0526. The van der Waals surface area contributed by atoms with Crippen molar-refractivity contribution in [3.8, 4) is 11.3 Å². The summed E-state index contributed by atoms with van der Waals surface area (Å²) in [5, 5.41) is 12.6. The Hall–Kier alpha value is -2.94. The molecule has 2 N–H and O–H groups in total. The first-order chi connectivity index (χ1) is 13.9. The van der Waals surface area contributed by atoms with Crippen LogP contribution in [0, 0.1) is 0 Å². The zero-order chi connectivity index (χ0) is 20.5. The molecule has 0 aliphatic heterocycles. The van der Waals surface area contributed by atoms with E-state index in [1.807, 2.05) is 5.38 Å². The largest absolute Gasteiger partial charge is 0.326 e. The second-order valence-corrected chi connectivity index (χ2v) is 7.77. The fourth-order valence-electron chi connectivity index (χ4n) is 2.73. The molecule has 7 nitrogen and oxygen atoms in total. The van der Waals surface area contributed by atoms with Crippen molar-refractivity contribution < 1.29 is 9.59 Å². The Morgan fingerprint density at radius 3 is 2.72 bits per heavy atom. The number of rotatable bonds is 4. The third-order valence-electron chi connectivity index (χ3n) is 3.96. The van der Waals surface area contributed by atoms with Gasteiger partial charge in [-0.15, -0.1) is 16.4 Å². The number of anilines is 2. The summed E-state index contributed by atoms with van der Waals surface area (Å²) in [6, 6.07) is 11.8. The molecule has 4 aromatic rings. The van der Waals surface area contributed by atoms with Crippen molar-refractivity contribution in [2.45, 2.75) is 6.92 Å². The number of fused-ring (bicyclic) bond motifs is 1. The molecule has 0 aliphatic rings. The first-order valence-corrected chi connectivity index (χ1v) is 10.0. The highest BCUT2D eigenvalue weighted by atomic mass is 35.5. The van der Waals surface area contributed by atoms with Gasteiger partial charge in [-0.05, 0) is 36.4 Å². The van der Waals surface area contributed by atoms with Crippen LogP contribution in [0.15, 0.2) is 47.8 Å². The number of thiazole rings is 1. The lowest BCUT2D eigenvalue weighted by atomic mass is 10.2. The predicted molar refractivity (Wildman–Crippen MR) is 115 cm³/mol. The van der Waals surface area contributed by atoms with Crippen LogP contribution in [0.25, 0.3) is 16.2 Å². The number of hydrogen-bond donors (Lipinski definition) is 2. The van der Waals surface area contributed by atoms with Crippen LogP contribution in [0.3, 0.4) is 0 Å². The van der Waals surface area contributed by atoms with Crippen LogP contribution >= 0.6 is 34.5 Å². The summed E-state index contributed by atoms with van der Waals surface area (Å²) in [5.74, 6) is -0.449. The Balaban J connectivity index is 1.61. The molecule has 0 saturated carbocycles. The molecule has 146 valence electrons. The molecular weight excluding hydrogens is 433 g/mol. The average molecular weight is 446 g/mol. The lowest BCUT2D eigenvalue weighted by Gasteiger charge is -2.05. The van der Waals surface area contributed by atoms with E-state index in [4.69, 9.17) is 23.2 Å². The van der Waals surface area contributed by atoms with E-state index in [0.29, 0.717) is 26.3 Å². The maximum atomic E-state index is 12.6. The molecule has 10 heteroatoms. The molecule has 2 amide bonds. The van der Waals surface area contributed by atoms with Crippen LogP contribution < -0.4 is 10.6 Å². The Morgan fingerprint density at radius 2 is 1.93 bits per heavy atom. The van der Waals surface area contributed by atoms with Gasteiger partial charge in [-0.3, -0.25) is 14.9 Å². The summed E-state index contributed by atoms with van der Waals surface area (Å²) in [6.45, 7) is 1.40. The van der Waals surface area contributed by atoms with E-state index in [1.54, 1.807) is 47.0 Å². The molecule has 0 radical (unpaired) electrons. The van der Waals surface area contributed by atoms with Gasteiger partial charge in [0.15, 0.2) is 0 Å². The number of hydrogen-bond acceptors (Lipinski definition) is 5. The van der Waals surface area contributed by atoms with E-state index in [-0.39, 0.29) is 11.9 Å². The van der Waals surface area contributed by atoms with E-state index in [1.165, 1.54) is 18.3 Å². The predicted octanol–water partition coefficient (Wildman–Crippen LogP) is 4.98. The number of amides is 2. The molecule has 0 atom stereocenters. The van der Waals surface area contributed by atoms with Crippen molar-refractivity contribution in [2.75, 3.05) is 10.6 Å². The maximum Gasteiger partial charge on any atom is 0.258 e. The van der Waals surface area contributed by atoms with Gasteiger partial charge in [-0.2, -0.15) is 4.98 Å². The van der Waals surface area contributed by atoms with Gasteiger partial charge in [0.05, 0.1) is 10.7 Å². The SMILES string of the molecule is CC(=O)Nc1cccc(C(=O)Nc2nc3scc(-c4cc(Cl)ccc4Cl)n3n2)c1. The fourth-order valence-corrected chi connectivity index (χ4v) is 3.94. The van der Waals surface area contributed by atoms with Crippen LogP contribution in [-0.4, -0.2) is 26.4 Å². The third-order valence-corrected chi connectivity index (χ3v) is 5.34. The van der Waals surface area contributed by atoms with Gasteiger partial charge in [-0.1, -0.05) is 29.3 Å². The molecule has 2 aromatic carbocycles. The molecular formula is C19H13Cl2N5O2S. The van der Waals surface area contributed by atoms with E-state index in [9.17, 15) is 9.59 Å². The summed E-state index contributed by atoms with van der Waals surface area (Å²) in [5.41, 5.74) is 2.34. The standard InChI is InChI=1S/C19H13Cl2N5O2S/c1-10(27)22-13-4-2-3-11(7-13)17(28)23-18-24-19-26(25-18)16(9-29-19)14-8-12(20)5-6-15(14)21/h2-9H,1H3,(H,22,27)(H,23,25,28).